The van der Waals surface area contributed by atoms with Crippen molar-refractivity contribution in [2.75, 3.05) is 25.1 Å². The molecular weight excluding hydrogens is 246 g/mol. The number of halogens is 1. The maximum atomic E-state index is 8.74. The molecule has 16 heavy (non-hydrogen) atoms. The minimum absolute atomic E-state index is 0.293. The molecule has 1 saturated heterocycles. The predicted octanol–water partition coefficient (Wildman–Crippen LogP) is 2.51. The first-order valence-corrected chi connectivity index (χ1v) is 6.37. The Morgan fingerprint density at radius 3 is 2.94 bits per heavy atom. The van der Waals surface area contributed by atoms with Crippen molar-refractivity contribution in [1.29, 1.82) is 5.26 Å². The van der Waals surface area contributed by atoms with Crippen LogP contribution in [0.5, 0.6) is 0 Å². The highest BCUT2D eigenvalue weighted by Crippen LogP contribution is 2.26. The van der Waals surface area contributed by atoms with Crippen molar-refractivity contribution in [2.24, 2.45) is 5.92 Å². The second kappa shape index (κ2) is 5.48. The molecule has 0 spiro atoms. The normalized spacial score (nSPS) is 17.0. The van der Waals surface area contributed by atoms with Gasteiger partial charge < -0.3 is 10.1 Å². The van der Waals surface area contributed by atoms with Crippen molar-refractivity contribution in [3.05, 3.63) is 10.0 Å². The molecule has 1 N–H and O–H groups in total. The maximum Gasteiger partial charge on any atom is 0.185 e. The van der Waals surface area contributed by atoms with Crippen LogP contribution in [0, 0.1) is 17.2 Å². The van der Waals surface area contributed by atoms with Crippen molar-refractivity contribution in [1.82, 2.24) is 4.98 Å². The summed E-state index contributed by atoms with van der Waals surface area (Å²) in [5, 5.41) is 13.0. The third-order valence-electron chi connectivity index (χ3n) is 2.57. The number of hydrogen-bond acceptors (Lipinski definition) is 5. The number of rotatable bonds is 3. The number of thiazole rings is 1. The van der Waals surface area contributed by atoms with Crippen molar-refractivity contribution >= 4 is 28.1 Å². The van der Waals surface area contributed by atoms with Crippen LogP contribution in [-0.2, 0) is 4.74 Å². The Morgan fingerprint density at radius 2 is 2.31 bits per heavy atom. The topological polar surface area (TPSA) is 57.9 Å². The van der Waals surface area contributed by atoms with E-state index in [-0.39, 0.29) is 0 Å². The van der Waals surface area contributed by atoms with Crippen LogP contribution in [0.4, 0.5) is 5.13 Å². The molecule has 1 aliphatic rings. The Balaban J connectivity index is 1.86. The minimum Gasteiger partial charge on any atom is -0.381 e. The standard InChI is InChI=1S/C10H12ClN3OS/c11-9-8(5-12)16-10(14-9)13-6-7-1-3-15-4-2-7/h7H,1-4,6H2,(H,13,14). The summed E-state index contributed by atoms with van der Waals surface area (Å²) in [4.78, 5) is 4.55. The summed E-state index contributed by atoms with van der Waals surface area (Å²) in [7, 11) is 0. The van der Waals surface area contributed by atoms with Crippen LogP contribution in [0.15, 0.2) is 0 Å². The van der Waals surface area contributed by atoms with Crippen molar-refractivity contribution < 1.29 is 4.74 Å². The molecule has 0 unspecified atom stereocenters. The van der Waals surface area contributed by atoms with Gasteiger partial charge in [0.05, 0.1) is 0 Å². The summed E-state index contributed by atoms with van der Waals surface area (Å²) >= 11 is 7.08. The zero-order valence-corrected chi connectivity index (χ0v) is 10.3. The van der Waals surface area contributed by atoms with Crippen LogP contribution in [0.2, 0.25) is 5.15 Å². The monoisotopic (exact) mass is 257 g/mol. The first-order valence-electron chi connectivity index (χ1n) is 5.17. The minimum atomic E-state index is 0.293. The lowest BCUT2D eigenvalue weighted by atomic mass is 10.0. The fourth-order valence-corrected chi connectivity index (χ4v) is 2.58. The summed E-state index contributed by atoms with van der Waals surface area (Å²) in [6, 6.07) is 2.02. The SMILES string of the molecule is N#Cc1sc(NCC2CCOCC2)nc1Cl. The third kappa shape index (κ3) is 2.85. The van der Waals surface area contributed by atoms with Gasteiger partial charge >= 0.3 is 0 Å². The van der Waals surface area contributed by atoms with E-state index in [1.165, 1.54) is 11.3 Å². The summed E-state index contributed by atoms with van der Waals surface area (Å²) in [5.74, 6) is 0.627. The summed E-state index contributed by atoms with van der Waals surface area (Å²) < 4.78 is 5.29. The molecular formula is C10H12ClN3OS. The van der Waals surface area contributed by atoms with Crippen molar-refractivity contribution in [3.8, 4) is 6.07 Å². The molecule has 0 bridgehead atoms. The largest absolute Gasteiger partial charge is 0.381 e. The third-order valence-corrected chi connectivity index (χ3v) is 3.87. The molecule has 1 aliphatic heterocycles. The number of aromatic nitrogens is 1. The number of ether oxygens (including phenoxy) is 1. The summed E-state index contributed by atoms with van der Waals surface area (Å²) in [5.41, 5.74) is 0. The number of anilines is 1. The molecule has 0 aromatic carbocycles. The average molecular weight is 258 g/mol. The van der Waals surface area contributed by atoms with Gasteiger partial charge in [0, 0.05) is 19.8 Å². The second-order valence-corrected chi connectivity index (χ2v) is 5.04. The van der Waals surface area contributed by atoms with E-state index in [1.54, 1.807) is 0 Å². The van der Waals surface area contributed by atoms with Gasteiger partial charge in [0.15, 0.2) is 10.3 Å². The van der Waals surface area contributed by atoms with Crippen LogP contribution in [0.25, 0.3) is 0 Å². The Labute approximate surface area is 103 Å². The molecule has 1 aromatic heterocycles. The first kappa shape index (κ1) is 11.6. The lowest BCUT2D eigenvalue weighted by Crippen LogP contribution is -2.22. The zero-order chi connectivity index (χ0) is 11.4. The van der Waals surface area contributed by atoms with Crippen LogP contribution in [0.1, 0.15) is 17.7 Å². The molecule has 1 aromatic rings. The van der Waals surface area contributed by atoms with Gasteiger partial charge in [-0.15, -0.1) is 0 Å². The van der Waals surface area contributed by atoms with E-state index >= 15 is 0 Å². The quantitative estimate of drug-likeness (QED) is 0.904. The van der Waals surface area contributed by atoms with Crippen LogP contribution in [0.3, 0.4) is 0 Å². The molecule has 2 rings (SSSR count). The van der Waals surface area contributed by atoms with Gasteiger partial charge in [-0.05, 0) is 18.8 Å². The molecule has 0 saturated carbocycles. The van der Waals surface area contributed by atoms with E-state index in [4.69, 9.17) is 21.6 Å². The van der Waals surface area contributed by atoms with Gasteiger partial charge in [0.1, 0.15) is 10.9 Å². The lowest BCUT2D eigenvalue weighted by Gasteiger charge is -2.21. The van der Waals surface area contributed by atoms with Gasteiger partial charge in [-0.1, -0.05) is 22.9 Å². The summed E-state index contributed by atoms with van der Waals surface area (Å²) in [6.07, 6.45) is 2.16. The molecule has 6 heteroatoms. The number of hydrogen-bond donors (Lipinski definition) is 1. The van der Waals surface area contributed by atoms with E-state index in [1.807, 2.05) is 6.07 Å². The molecule has 0 aliphatic carbocycles. The van der Waals surface area contributed by atoms with E-state index in [2.05, 4.69) is 10.3 Å². The fraction of sp³-hybridized carbons (Fsp3) is 0.600. The molecule has 4 nitrogen and oxygen atoms in total. The van der Waals surface area contributed by atoms with E-state index < -0.39 is 0 Å². The number of nitrogens with one attached hydrogen (secondary N) is 1. The molecule has 1 fully saturated rings. The second-order valence-electron chi connectivity index (χ2n) is 3.69. The number of nitrogens with zero attached hydrogens (tertiary/aromatic N) is 2. The molecule has 0 atom stereocenters. The highest BCUT2D eigenvalue weighted by atomic mass is 35.5. The Kier molecular flexibility index (Phi) is 3.99. The summed E-state index contributed by atoms with van der Waals surface area (Å²) in [6.45, 7) is 2.56. The average Bonchev–Trinajstić information content (AvgIpc) is 2.69. The van der Waals surface area contributed by atoms with Crippen molar-refractivity contribution in [2.45, 2.75) is 12.8 Å². The van der Waals surface area contributed by atoms with Gasteiger partial charge in [-0.2, -0.15) is 5.26 Å². The van der Waals surface area contributed by atoms with Gasteiger partial charge in [-0.3, -0.25) is 0 Å². The van der Waals surface area contributed by atoms with Crippen LogP contribution < -0.4 is 5.32 Å². The highest BCUT2D eigenvalue weighted by molar-refractivity contribution is 7.16. The van der Waals surface area contributed by atoms with E-state index in [0.29, 0.717) is 15.9 Å². The van der Waals surface area contributed by atoms with E-state index in [0.717, 1.165) is 37.7 Å². The Morgan fingerprint density at radius 1 is 1.56 bits per heavy atom. The van der Waals surface area contributed by atoms with Gasteiger partial charge in [0.2, 0.25) is 0 Å². The Hall–Kier alpha value is -0.830. The van der Waals surface area contributed by atoms with Crippen molar-refractivity contribution in [3.63, 3.8) is 0 Å². The molecule has 0 radical (unpaired) electrons. The molecule has 0 amide bonds. The first-order chi connectivity index (χ1) is 7.79. The smallest absolute Gasteiger partial charge is 0.185 e. The van der Waals surface area contributed by atoms with Gasteiger partial charge in [0.25, 0.3) is 0 Å². The lowest BCUT2D eigenvalue weighted by molar-refractivity contribution is 0.0699. The predicted molar refractivity (Wildman–Crippen MR) is 63.9 cm³/mol. The maximum absolute atomic E-state index is 8.74. The fourth-order valence-electron chi connectivity index (χ4n) is 1.63. The van der Waals surface area contributed by atoms with Crippen LogP contribution in [-0.4, -0.2) is 24.7 Å². The highest BCUT2D eigenvalue weighted by Gasteiger charge is 2.15. The molecule has 2 heterocycles. The zero-order valence-electron chi connectivity index (χ0n) is 8.70. The van der Waals surface area contributed by atoms with E-state index in [9.17, 15) is 0 Å². The van der Waals surface area contributed by atoms with Gasteiger partial charge in [-0.25, -0.2) is 4.98 Å². The molecule has 86 valence electrons. The Bertz CT molecular complexity index is 395. The van der Waals surface area contributed by atoms with Crippen LogP contribution >= 0.6 is 22.9 Å². The number of nitriles is 1.